The van der Waals surface area contributed by atoms with Crippen LogP contribution in [0.25, 0.3) is 0 Å². The normalized spacial score (nSPS) is 28.3. The number of rotatable bonds is 1. The highest BCUT2D eigenvalue weighted by atomic mass is 35.5. The van der Waals surface area contributed by atoms with E-state index in [1.54, 1.807) is 0 Å². The van der Waals surface area contributed by atoms with Crippen LogP contribution >= 0.6 is 23.2 Å². The maximum absolute atomic E-state index is 13.8. The molecule has 16 heavy (non-hydrogen) atoms. The largest absolute Gasteiger partial charge is 0.367 e. The van der Waals surface area contributed by atoms with E-state index in [2.05, 4.69) is 0 Å². The summed E-state index contributed by atoms with van der Waals surface area (Å²) in [6.45, 7) is 1.50. The maximum atomic E-state index is 13.8. The first kappa shape index (κ1) is 12.1. The number of halogens is 4. The number of hydrogen-bond donors (Lipinski definition) is 0. The number of benzene rings is 1. The van der Waals surface area contributed by atoms with Gasteiger partial charge in [-0.1, -0.05) is 36.2 Å². The summed E-state index contributed by atoms with van der Waals surface area (Å²) in [7, 11) is 0. The van der Waals surface area contributed by atoms with E-state index >= 15 is 0 Å². The summed E-state index contributed by atoms with van der Waals surface area (Å²) < 4.78 is 32.6. The van der Waals surface area contributed by atoms with Crippen molar-refractivity contribution >= 4 is 23.2 Å². The fraction of sp³-hybridized carbons (Fsp3) is 0.455. The summed E-state index contributed by atoms with van der Waals surface area (Å²) in [4.78, 5) is 0. The quantitative estimate of drug-likeness (QED) is 0.735. The molecule has 0 radical (unpaired) electrons. The summed E-state index contributed by atoms with van der Waals surface area (Å²) in [5, 5.41) is 0.634. The van der Waals surface area contributed by atoms with E-state index in [0.29, 0.717) is 10.6 Å². The Kier molecular flexibility index (Phi) is 3.12. The molecule has 0 aromatic heterocycles. The number of hydrogen-bond acceptors (Lipinski definition) is 1. The summed E-state index contributed by atoms with van der Waals surface area (Å²) in [5.74, 6) is -3.69. The summed E-state index contributed by atoms with van der Waals surface area (Å²) in [5.41, 5.74) is 0.292. The van der Waals surface area contributed by atoms with E-state index in [0.717, 1.165) is 0 Å². The fourth-order valence-electron chi connectivity index (χ4n) is 1.73. The van der Waals surface area contributed by atoms with Crippen LogP contribution in [-0.2, 0) is 4.74 Å². The van der Waals surface area contributed by atoms with Crippen LogP contribution in [0, 0.1) is 5.92 Å². The van der Waals surface area contributed by atoms with Crippen LogP contribution in [0.2, 0.25) is 10.0 Å². The molecule has 1 fully saturated rings. The molecule has 2 rings (SSSR count). The second-order valence-corrected chi connectivity index (χ2v) is 4.80. The Morgan fingerprint density at radius 3 is 2.56 bits per heavy atom. The monoisotopic (exact) mass is 266 g/mol. The molecule has 1 aromatic carbocycles. The minimum Gasteiger partial charge on any atom is -0.367 e. The Bertz CT molecular complexity index is 409. The highest BCUT2D eigenvalue weighted by molar-refractivity contribution is 6.35. The molecule has 0 N–H and O–H groups in total. The zero-order valence-corrected chi connectivity index (χ0v) is 10.0. The predicted octanol–water partition coefficient (Wildman–Crippen LogP) is 4.34. The van der Waals surface area contributed by atoms with Gasteiger partial charge in [-0.05, 0) is 12.1 Å². The van der Waals surface area contributed by atoms with E-state index in [1.807, 2.05) is 0 Å². The molecule has 1 nitrogen and oxygen atoms in total. The molecule has 1 heterocycles. The number of ether oxygens (including phenoxy) is 1. The first-order valence-electron chi connectivity index (χ1n) is 4.87. The van der Waals surface area contributed by atoms with Crippen molar-refractivity contribution in [3.8, 4) is 0 Å². The summed E-state index contributed by atoms with van der Waals surface area (Å²) in [6.07, 6.45) is -1.27. The van der Waals surface area contributed by atoms with Gasteiger partial charge in [0.2, 0.25) is 0 Å². The second kappa shape index (κ2) is 4.13. The third-order valence-electron chi connectivity index (χ3n) is 2.76. The van der Waals surface area contributed by atoms with Crippen molar-refractivity contribution in [2.24, 2.45) is 5.92 Å². The van der Waals surface area contributed by atoms with E-state index < -0.39 is 17.9 Å². The standard InChI is InChI=1S/C11H10Cl2F2O/c1-6-5-16-10(11(6,14)15)8-3-2-7(12)4-9(8)13/h2-4,6,10H,5H2,1H3/t6-,10+/m0/s1. The Morgan fingerprint density at radius 2 is 2.06 bits per heavy atom. The van der Waals surface area contributed by atoms with E-state index in [9.17, 15) is 8.78 Å². The van der Waals surface area contributed by atoms with Crippen molar-refractivity contribution in [1.29, 1.82) is 0 Å². The van der Waals surface area contributed by atoms with Crippen LogP contribution in [0.3, 0.4) is 0 Å². The first-order chi connectivity index (χ1) is 7.43. The third kappa shape index (κ3) is 1.92. The molecule has 88 valence electrons. The lowest BCUT2D eigenvalue weighted by Gasteiger charge is -2.21. The molecule has 1 aliphatic heterocycles. The molecule has 1 aromatic rings. The van der Waals surface area contributed by atoms with Crippen molar-refractivity contribution in [3.05, 3.63) is 33.8 Å². The molecular weight excluding hydrogens is 257 g/mol. The van der Waals surface area contributed by atoms with Crippen LogP contribution in [0.15, 0.2) is 18.2 Å². The van der Waals surface area contributed by atoms with Crippen molar-refractivity contribution in [2.75, 3.05) is 6.61 Å². The lowest BCUT2D eigenvalue weighted by molar-refractivity contribution is -0.0857. The van der Waals surface area contributed by atoms with Crippen molar-refractivity contribution in [3.63, 3.8) is 0 Å². The highest BCUT2D eigenvalue weighted by Crippen LogP contribution is 2.47. The average molecular weight is 267 g/mol. The van der Waals surface area contributed by atoms with Gasteiger partial charge < -0.3 is 4.74 Å². The molecule has 0 amide bonds. The smallest absolute Gasteiger partial charge is 0.282 e. The third-order valence-corrected chi connectivity index (χ3v) is 3.33. The van der Waals surface area contributed by atoms with Gasteiger partial charge in [0.25, 0.3) is 5.92 Å². The van der Waals surface area contributed by atoms with Gasteiger partial charge >= 0.3 is 0 Å². The van der Waals surface area contributed by atoms with Crippen LogP contribution in [-0.4, -0.2) is 12.5 Å². The van der Waals surface area contributed by atoms with Crippen LogP contribution in [0.5, 0.6) is 0 Å². The van der Waals surface area contributed by atoms with Gasteiger partial charge in [0.05, 0.1) is 6.61 Å². The Morgan fingerprint density at radius 1 is 1.38 bits per heavy atom. The minimum atomic E-state index is -2.89. The molecule has 2 atom stereocenters. The van der Waals surface area contributed by atoms with Crippen molar-refractivity contribution in [2.45, 2.75) is 19.0 Å². The molecule has 5 heteroatoms. The molecule has 0 aliphatic carbocycles. The number of alkyl halides is 2. The topological polar surface area (TPSA) is 9.23 Å². The van der Waals surface area contributed by atoms with E-state index in [4.69, 9.17) is 27.9 Å². The van der Waals surface area contributed by atoms with Gasteiger partial charge in [-0.15, -0.1) is 0 Å². The predicted molar refractivity (Wildman–Crippen MR) is 59.3 cm³/mol. The minimum absolute atomic E-state index is 0.0383. The molecule has 0 spiro atoms. The second-order valence-electron chi connectivity index (χ2n) is 3.95. The van der Waals surface area contributed by atoms with Gasteiger partial charge in [-0.25, -0.2) is 8.78 Å². The lowest BCUT2D eigenvalue weighted by atomic mass is 9.97. The van der Waals surface area contributed by atoms with Crippen molar-refractivity contribution < 1.29 is 13.5 Å². The molecule has 0 bridgehead atoms. The zero-order chi connectivity index (χ0) is 11.9. The Hall–Kier alpha value is -0.380. The molecule has 0 unspecified atom stereocenters. The van der Waals surface area contributed by atoms with Crippen LogP contribution in [0.4, 0.5) is 8.78 Å². The van der Waals surface area contributed by atoms with Gasteiger partial charge in [-0.2, -0.15) is 0 Å². The highest BCUT2D eigenvalue weighted by Gasteiger charge is 2.52. The van der Waals surface area contributed by atoms with Gasteiger partial charge in [0, 0.05) is 21.5 Å². The van der Waals surface area contributed by atoms with Crippen LogP contribution < -0.4 is 0 Å². The average Bonchev–Trinajstić information content (AvgIpc) is 2.44. The van der Waals surface area contributed by atoms with Gasteiger partial charge in [0.15, 0.2) is 0 Å². The first-order valence-corrected chi connectivity index (χ1v) is 5.63. The van der Waals surface area contributed by atoms with E-state index in [1.165, 1.54) is 25.1 Å². The molecule has 0 saturated carbocycles. The van der Waals surface area contributed by atoms with Gasteiger partial charge in [0.1, 0.15) is 6.10 Å². The summed E-state index contributed by atoms with van der Waals surface area (Å²) in [6, 6.07) is 4.47. The maximum Gasteiger partial charge on any atom is 0.282 e. The molecule has 1 aliphatic rings. The van der Waals surface area contributed by atoms with E-state index in [-0.39, 0.29) is 11.6 Å². The lowest BCUT2D eigenvalue weighted by Crippen LogP contribution is -2.27. The fourth-order valence-corrected chi connectivity index (χ4v) is 2.24. The Labute approximate surface area is 102 Å². The van der Waals surface area contributed by atoms with Crippen molar-refractivity contribution in [1.82, 2.24) is 0 Å². The summed E-state index contributed by atoms with van der Waals surface area (Å²) >= 11 is 11.6. The van der Waals surface area contributed by atoms with Gasteiger partial charge in [-0.3, -0.25) is 0 Å². The molecular formula is C11H10Cl2F2O. The SMILES string of the molecule is C[C@H]1CO[C@H](c2ccc(Cl)cc2Cl)C1(F)F. The Balaban J connectivity index is 2.38. The molecule has 1 saturated heterocycles. The van der Waals surface area contributed by atoms with Crippen LogP contribution in [0.1, 0.15) is 18.6 Å². The zero-order valence-electron chi connectivity index (χ0n) is 8.51.